The normalized spacial score (nSPS) is 18.7. The summed E-state index contributed by atoms with van der Waals surface area (Å²) < 4.78 is 56.6. The second-order valence-electron chi connectivity index (χ2n) is 10.2. The van der Waals surface area contributed by atoms with Gasteiger partial charge in [0.15, 0.2) is 11.6 Å². The summed E-state index contributed by atoms with van der Waals surface area (Å²) in [6.45, 7) is 4.73. The Bertz CT molecular complexity index is 1630. The molecule has 40 heavy (non-hydrogen) atoms. The predicted octanol–water partition coefficient (Wildman–Crippen LogP) is 2.97. The summed E-state index contributed by atoms with van der Waals surface area (Å²) in [6, 6.07) is 8.52. The van der Waals surface area contributed by atoms with E-state index in [9.17, 15) is 22.9 Å². The van der Waals surface area contributed by atoms with Crippen molar-refractivity contribution in [1.29, 1.82) is 5.26 Å². The molecule has 2 fully saturated rings. The van der Waals surface area contributed by atoms with Gasteiger partial charge in [-0.2, -0.15) is 18.0 Å². The van der Waals surface area contributed by atoms with E-state index in [1.54, 1.807) is 17.6 Å². The van der Waals surface area contributed by atoms with E-state index in [1.165, 1.54) is 25.5 Å². The minimum Gasteiger partial charge on any atom is -0.453 e. The van der Waals surface area contributed by atoms with Gasteiger partial charge in [-0.05, 0) is 62.7 Å². The molecule has 1 atom stereocenters. The Kier molecular flexibility index (Phi) is 7.78. The Hall–Kier alpha value is -3.57. The van der Waals surface area contributed by atoms with Gasteiger partial charge in [-0.3, -0.25) is 14.1 Å². The number of nitriles is 1. The van der Waals surface area contributed by atoms with Crippen molar-refractivity contribution in [3.8, 4) is 17.6 Å². The molecule has 2 aliphatic rings. The van der Waals surface area contributed by atoms with E-state index < -0.39 is 21.8 Å². The smallest absolute Gasteiger partial charge is 0.301 e. The Morgan fingerprint density at radius 2 is 2.10 bits per heavy atom. The van der Waals surface area contributed by atoms with Gasteiger partial charge in [0.1, 0.15) is 17.4 Å². The van der Waals surface area contributed by atoms with Gasteiger partial charge in [0.2, 0.25) is 0 Å². The average Bonchev–Trinajstić information content (AvgIpc) is 3.33. The highest BCUT2D eigenvalue weighted by Crippen LogP contribution is 2.38. The molecule has 212 valence electrons. The molecular formula is C27H31FN6O5S. The van der Waals surface area contributed by atoms with Crippen molar-refractivity contribution >= 4 is 26.8 Å². The molecule has 3 aromatic rings. The van der Waals surface area contributed by atoms with Gasteiger partial charge in [-0.1, -0.05) is 6.92 Å². The summed E-state index contributed by atoms with van der Waals surface area (Å²) in [5.74, 6) is -1.04. The van der Waals surface area contributed by atoms with Crippen LogP contribution in [0.1, 0.15) is 31.7 Å². The topological polar surface area (TPSA) is 139 Å². The summed E-state index contributed by atoms with van der Waals surface area (Å²) in [4.78, 5) is 17.8. The fourth-order valence-electron chi connectivity index (χ4n) is 5.25. The molecule has 0 aliphatic carbocycles. The average molecular weight is 571 g/mol. The van der Waals surface area contributed by atoms with Crippen molar-refractivity contribution in [3.63, 3.8) is 0 Å². The third-order valence-corrected chi connectivity index (χ3v) is 9.14. The Morgan fingerprint density at radius 1 is 1.32 bits per heavy atom. The number of fused-ring (bicyclic) bond motifs is 1. The van der Waals surface area contributed by atoms with Crippen LogP contribution in [0.25, 0.3) is 10.9 Å². The number of ether oxygens (including phenoxy) is 2. The third-order valence-electron chi connectivity index (χ3n) is 7.59. The fourth-order valence-corrected chi connectivity index (χ4v) is 6.20. The lowest BCUT2D eigenvalue weighted by Crippen LogP contribution is -2.41. The molecule has 0 radical (unpaired) electrons. The summed E-state index contributed by atoms with van der Waals surface area (Å²) in [5, 5.41) is 13.4. The number of halogens is 1. The Balaban J connectivity index is 1.41. The van der Waals surface area contributed by atoms with Crippen LogP contribution in [-0.4, -0.2) is 61.2 Å². The van der Waals surface area contributed by atoms with E-state index in [0.29, 0.717) is 18.7 Å². The monoisotopic (exact) mass is 570 g/mol. The number of rotatable bonds is 8. The number of aromatic nitrogens is 2. The molecule has 2 aromatic carbocycles. The van der Waals surface area contributed by atoms with Gasteiger partial charge < -0.3 is 14.8 Å². The van der Waals surface area contributed by atoms with Gasteiger partial charge in [0.05, 0.1) is 35.1 Å². The quantitative estimate of drug-likeness (QED) is 0.422. The highest BCUT2D eigenvalue weighted by atomic mass is 32.2. The summed E-state index contributed by atoms with van der Waals surface area (Å²) in [5.41, 5.74) is -0.413. The number of hydrogen-bond acceptors (Lipinski definition) is 8. The molecule has 2 N–H and O–H groups in total. The predicted molar refractivity (Wildman–Crippen MR) is 147 cm³/mol. The van der Waals surface area contributed by atoms with E-state index in [4.69, 9.17) is 9.47 Å². The van der Waals surface area contributed by atoms with Crippen molar-refractivity contribution in [2.75, 3.05) is 38.0 Å². The first-order valence-corrected chi connectivity index (χ1v) is 14.6. The van der Waals surface area contributed by atoms with Gasteiger partial charge in [0.25, 0.3) is 5.56 Å². The van der Waals surface area contributed by atoms with Crippen molar-refractivity contribution in [1.82, 2.24) is 19.2 Å². The summed E-state index contributed by atoms with van der Waals surface area (Å²) >= 11 is 0. The van der Waals surface area contributed by atoms with E-state index in [0.717, 1.165) is 48.8 Å². The molecular weight excluding hydrogens is 539 g/mol. The van der Waals surface area contributed by atoms with E-state index in [2.05, 4.69) is 15.0 Å². The van der Waals surface area contributed by atoms with Gasteiger partial charge in [-0.15, -0.1) is 0 Å². The minimum absolute atomic E-state index is 0.100. The molecule has 11 nitrogen and oxygen atoms in total. The van der Waals surface area contributed by atoms with Crippen LogP contribution < -0.4 is 20.3 Å². The molecule has 5 rings (SSSR count). The first kappa shape index (κ1) is 28.0. The zero-order valence-electron chi connectivity index (χ0n) is 22.3. The summed E-state index contributed by atoms with van der Waals surface area (Å²) in [7, 11) is -2.60. The van der Waals surface area contributed by atoms with Crippen LogP contribution in [0.5, 0.6) is 11.5 Å². The van der Waals surface area contributed by atoms with E-state index in [1.807, 2.05) is 6.07 Å². The SMILES string of the molecule is CCN(C)S(=O)(=O)Nc1ccc(F)c(Oc2ccc3ncn(CC4COC5(CCNCC5)C4)c(=O)c3c2)c1C#N. The molecule has 1 unspecified atom stereocenters. The molecule has 1 aromatic heterocycles. The second-order valence-corrected chi connectivity index (χ2v) is 12.0. The molecule has 0 bridgehead atoms. The lowest BCUT2D eigenvalue weighted by molar-refractivity contribution is -0.0197. The van der Waals surface area contributed by atoms with Crippen molar-refractivity contribution in [2.45, 2.75) is 38.3 Å². The molecule has 2 aliphatic heterocycles. The van der Waals surface area contributed by atoms with Gasteiger partial charge in [0, 0.05) is 26.1 Å². The zero-order valence-corrected chi connectivity index (χ0v) is 23.1. The lowest BCUT2D eigenvalue weighted by atomic mass is 9.86. The fraction of sp³-hybridized carbons (Fsp3) is 0.444. The van der Waals surface area contributed by atoms with Crippen LogP contribution in [0.2, 0.25) is 0 Å². The van der Waals surface area contributed by atoms with Gasteiger partial charge >= 0.3 is 10.2 Å². The number of hydrogen-bond donors (Lipinski definition) is 2. The first-order chi connectivity index (χ1) is 19.1. The maximum Gasteiger partial charge on any atom is 0.301 e. The van der Waals surface area contributed by atoms with Crippen molar-refractivity contribution < 1.29 is 22.3 Å². The largest absolute Gasteiger partial charge is 0.453 e. The number of nitrogens with one attached hydrogen (secondary N) is 2. The number of nitrogens with zero attached hydrogens (tertiary/aromatic N) is 4. The number of benzene rings is 2. The second kappa shape index (κ2) is 11.1. The minimum atomic E-state index is -3.97. The maximum atomic E-state index is 14.8. The van der Waals surface area contributed by atoms with Crippen LogP contribution >= 0.6 is 0 Å². The molecule has 0 amide bonds. The molecule has 1 spiro atoms. The molecule has 3 heterocycles. The Morgan fingerprint density at radius 3 is 2.83 bits per heavy atom. The number of piperidine rings is 1. The third kappa shape index (κ3) is 5.53. The lowest BCUT2D eigenvalue weighted by Gasteiger charge is -2.33. The number of anilines is 1. The van der Waals surface area contributed by atoms with Crippen LogP contribution in [0.3, 0.4) is 0 Å². The van der Waals surface area contributed by atoms with Gasteiger partial charge in [-0.25, -0.2) is 9.37 Å². The highest BCUT2D eigenvalue weighted by molar-refractivity contribution is 7.90. The molecule has 0 saturated carbocycles. The van der Waals surface area contributed by atoms with Crippen molar-refractivity contribution in [3.05, 3.63) is 58.4 Å². The highest BCUT2D eigenvalue weighted by Gasteiger charge is 2.41. The van der Waals surface area contributed by atoms with Crippen LogP contribution in [0, 0.1) is 23.1 Å². The van der Waals surface area contributed by atoms with E-state index >= 15 is 0 Å². The van der Waals surface area contributed by atoms with Crippen molar-refractivity contribution in [2.24, 2.45) is 5.92 Å². The van der Waals surface area contributed by atoms with Crippen LogP contribution in [0.4, 0.5) is 10.1 Å². The van der Waals surface area contributed by atoms with E-state index in [-0.39, 0.29) is 46.0 Å². The molecule has 13 heteroatoms. The Labute approximate surface area is 231 Å². The standard InChI is InChI=1S/C27H31FN6O5S/c1-3-33(2)40(36,37)32-24-7-5-22(28)25(21(24)14-29)39-19-4-6-23-20(12-19)26(35)34(17-31-23)15-18-13-27(38-16-18)8-10-30-11-9-27/h4-7,12,17-18,30,32H,3,8-11,13,15-16H2,1-2H3. The summed E-state index contributed by atoms with van der Waals surface area (Å²) in [6.07, 6.45) is 4.31. The first-order valence-electron chi connectivity index (χ1n) is 13.1. The van der Waals surface area contributed by atoms with Crippen LogP contribution in [-0.2, 0) is 21.5 Å². The zero-order chi connectivity index (χ0) is 28.5. The maximum absolute atomic E-state index is 14.8. The van der Waals surface area contributed by atoms with Crippen LogP contribution in [0.15, 0.2) is 41.5 Å². The molecule has 2 saturated heterocycles.